The minimum atomic E-state index is -0.227. The van der Waals surface area contributed by atoms with Crippen LogP contribution in [0.1, 0.15) is 47.7 Å². The summed E-state index contributed by atoms with van der Waals surface area (Å²) in [5, 5.41) is 7.05. The molecule has 2 aromatic rings. The Morgan fingerprint density at radius 1 is 1.33 bits per heavy atom. The van der Waals surface area contributed by atoms with E-state index in [1.165, 1.54) is 0 Å². The van der Waals surface area contributed by atoms with Crippen molar-refractivity contribution in [1.29, 1.82) is 0 Å². The Morgan fingerprint density at radius 3 is 2.57 bits per heavy atom. The van der Waals surface area contributed by atoms with E-state index in [2.05, 4.69) is 14.9 Å². The molecule has 0 saturated carbocycles. The van der Waals surface area contributed by atoms with Crippen LogP contribution in [0.3, 0.4) is 0 Å². The number of hydrogen-bond acceptors (Lipinski definition) is 4. The summed E-state index contributed by atoms with van der Waals surface area (Å²) < 4.78 is 3.91. The summed E-state index contributed by atoms with van der Waals surface area (Å²) in [6.07, 6.45) is 0. The van der Waals surface area contributed by atoms with Gasteiger partial charge in [0.25, 0.3) is 5.91 Å². The number of rotatable bonds is 4. The third-order valence-corrected chi connectivity index (χ3v) is 4.10. The zero-order valence-electron chi connectivity index (χ0n) is 12.3. The maximum atomic E-state index is 12.5. The zero-order chi connectivity index (χ0) is 15.5. The van der Waals surface area contributed by atoms with Gasteiger partial charge in [-0.25, -0.2) is 0 Å². The summed E-state index contributed by atoms with van der Waals surface area (Å²) in [5.41, 5.74) is 1.48. The van der Waals surface area contributed by atoms with Crippen molar-refractivity contribution in [1.82, 2.24) is 14.9 Å². The first-order valence-electron chi connectivity index (χ1n) is 6.68. The lowest BCUT2D eigenvalue weighted by molar-refractivity contribution is 0.0942. The predicted molar refractivity (Wildman–Crippen MR) is 86.0 cm³/mol. The Bertz CT molecular complexity index is 607. The fourth-order valence-electron chi connectivity index (χ4n) is 1.95. The molecule has 0 saturated heterocycles. The van der Waals surface area contributed by atoms with Crippen molar-refractivity contribution >= 4 is 29.0 Å². The molecule has 0 aliphatic heterocycles. The van der Waals surface area contributed by atoms with Gasteiger partial charge < -0.3 is 5.32 Å². The van der Waals surface area contributed by atoms with Crippen molar-refractivity contribution in [3.63, 3.8) is 0 Å². The molecule has 1 N–H and O–H groups in total. The summed E-state index contributed by atoms with van der Waals surface area (Å²) >= 11 is 7.11. The fraction of sp³-hybridized carbons (Fsp3) is 0.400. The second-order valence-electron chi connectivity index (χ2n) is 5.79. The number of halogens is 1. The van der Waals surface area contributed by atoms with E-state index in [9.17, 15) is 4.79 Å². The molecule has 4 nitrogen and oxygen atoms in total. The van der Waals surface area contributed by atoms with Crippen LogP contribution in [0.2, 0.25) is 0 Å². The molecule has 6 heteroatoms. The van der Waals surface area contributed by atoms with Gasteiger partial charge in [-0.2, -0.15) is 0 Å². The third kappa shape index (κ3) is 3.80. The van der Waals surface area contributed by atoms with Crippen LogP contribution >= 0.6 is 23.1 Å². The average molecular weight is 324 g/mol. The monoisotopic (exact) mass is 323 g/mol. The quantitative estimate of drug-likeness (QED) is 0.875. The van der Waals surface area contributed by atoms with E-state index in [-0.39, 0.29) is 17.4 Å². The molecule has 0 aliphatic rings. The van der Waals surface area contributed by atoms with Crippen molar-refractivity contribution < 1.29 is 4.79 Å². The molecular formula is C15H18ClN3OS. The van der Waals surface area contributed by atoms with E-state index in [1.807, 2.05) is 51.1 Å². The molecule has 1 aromatic heterocycles. The highest BCUT2D eigenvalue weighted by Gasteiger charge is 2.27. The van der Waals surface area contributed by atoms with E-state index in [1.54, 1.807) is 0 Å². The van der Waals surface area contributed by atoms with Gasteiger partial charge in [-0.05, 0) is 17.1 Å². The predicted octanol–water partition coefficient (Wildman–Crippen LogP) is 3.55. The minimum Gasteiger partial charge on any atom is -0.343 e. The Hall–Kier alpha value is -1.46. The highest BCUT2D eigenvalue weighted by Crippen LogP contribution is 2.26. The highest BCUT2D eigenvalue weighted by molar-refractivity contribution is 7.08. The number of benzene rings is 1. The smallest absolute Gasteiger partial charge is 0.265 e. The Balaban J connectivity index is 2.20. The zero-order valence-corrected chi connectivity index (χ0v) is 13.8. The number of nitrogens with zero attached hydrogens (tertiary/aromatic N) is 2. The molecule has 1 heterocycles. The van der Waals surface area contributed by atoms with Crippen molar-refractivity contribution in [2.24, 2.45) is 0 Å². The summed E-state index contributed by atoms with van der Waals surface area (Å²) in [6.45, 7) is 6.03. The summed E-state index contributed by atoms with van der Waals surface area (Å²) in [6, 6.07) is 9.45. The van der Waals surface area contributed by atoms with Crippen LogP contribution in [-0.2, 0) is 5.41 Å². The SMILES string of the molecule is CC(C)(C)c1nnsc1C(=O)NC(CCl)c1ccccc1. The normalized spacial score (nSPS) is 13.0. The number of alkyl halides is 1. The van der Waals surface area contributed by atoms with Crippen LogP contribution in [0.25, 0.3) is 0 Å². The molecule has 1 amide bonds. The summed E-state index contributed by atoms with van der Waals surface area (Å²) in [4.78, 5) is 13.0. The third-order valence-electron chi connectivity index (χ3n) is 3.07. The molecule has 112 valence electrons. The van der Waals surface area contributed by atoms with Crippen LogP contribution in [0.5, 0.6) is 0 Å². The van der Waals surface area contributed by atoms with Gasteiger partial charge in [0.15, 0.2) is 0 Å². The standard InChI is InChI=1S/C15H18ClN3OS/c1-15(2,3)13-12(21-19-18-13)14(20)17-11(9-16)10-7-5-4-6-8-10/h4-8,11H,9H2,1-3H3,(H,17,20). The van der Waals surface area contributed by atoms with Crippen molar-refractivity contribution in [3.8, 4) is 0 Å². The maximum absolute atomic E-state index is 12.5. The van der Waals surface area contributed by atoms with Gasteiger partial charge in [0, 0.05) is 11.3 Å². The van der Waals surface area contributed by atoms with Crippen molar-refractivity contribution in [2.75, 3.05) is 5.88 Å². The molecule has 0 spiro atoms. The number of amides is 1. The molecule has 0 radical (unpaired) electrons. The van der Waals surface area contributed by atoms with E-state index in [4.69, 9.17) is 11.6 Å². The molecule has 1 atom stereocenters. The lowest BCUT2D eigenvalue weighted by Gasteiger charge is -2.19. The van der Waals surface area contributed by atoms with E-state index in [0.717, 1.165) is 17.1 Å². The van der Waals surface area contributed by atoms with Gasteiger partial charge in [0.05, 0.1) is 11.7 Å². The average Bonchev–Trinajstić information content (AvgIpc) is 2.95. The second-order valence-corrected chi connectivity index (χ2v) is 6.85. The van der Waals surface area contributed by atoms with Crippen LogP contribution < -0.4 is 5.32 Å². The first kappa shape index (κ1) is 15.9. The number of nitrogens with one attached hydrogen (secondary N) is 1. The molecule has 2 rings (SSSR count). The Morgan fingerprint density at radius 2 is 2.00 bits per heavy atom. The maximum Gasteiger partial charge on any atom is 0.265 e. The number of carbonyl (C=O) groups is 1. The molecular weight excluding hydrogens is 306 g/mol. The summed E-state index contributed by atoms with van der Waals surface area (Å²) in [5.74, 6) is 0.136. The first-order valence-corrected chi connectivity index (χ1v) is 7.99. The van der Waals surface area contributed by atoms with Crippen LogP contribution in [0.15, 0.2) is 30.3 Å². The molecule has 0 fully saturated rings. The minimum absolute atomic E-state index is 0.176. The van der Waals surface area contributed by atoms with Gasteiger partial charge in [-0.1, -0.05) is 55.6 Å². The molecule has 1 unspecified atom stereocenters. The first-order chi connectivity index (χ1) is 9.93. The van der Waals surface area contributed by atoms with E-state index < -0.39 is 0 Å². The van der Waals surface area contributed by atoms with Gasteiger partial charge in [0.2, 0.25) is 0 Å². The van der Waals surface area contributed by atoms with E-state index in [0.29, 0.717) is 16.5 Å². The van der Waals surface area contributed by atoms with Crippen LogP contribution in [-0.4, -0.2) is 21.4 Å². The Kier molecular flexibility index (Phi) is 4.96. The highest BCUT2D eigenvalue weighted by atomic mass is 35.5. The largest absolute Gasteiger partial charge is 0.343 e. The van der Waals surface area contributed by atoms with Crippen molar-refractivity contribution in [2.45, 2.75) is 32.2 Å². The van der Waals surface area contributed by atoms with Crippen LogP contribution in [0.4, 0.5) is 0 Å². The van der Waals surface area contributed by atoms with Gasteiger partial charge >= 0.3 is 0 Å². The van der Waals surface area contributed by atoms with Crippen LogP contribution in [0, 0.1) is 0 Å². The summed E-state index contributed by atoms with van der Waals surface area (Å²) in [7, 11) is 0. The molecule has 1 aromatic carbocycles. The number of hydrogen-bond donors (Lipinski definition) is 1. The van der Waals surface area contributed by atoms with Gasteiger partial charge in [0.1, 0.15) is 4.88 Å². The second kappa shape index (κ2) is 6.54. The number of carbonyl (C=O) groups excluding carboxylic acids is 1. The molecule has 21 heavy (non-hydrogen) atoms. The molecule has 0 aliphatic carbocycles. The van der Waals surface area contributed by atoms with Gasteiger partial charge in [-0.3, -0.25) is 4.79 Å². The Labute approximate surface area is 133 Å². The number of aromatic nitrogens is 2. The van der Waals surface area contributed by atoms with Crippen molar-refractivity contribution in [3.05, 3.63) is 46.5 Å². The lowest BCUT2D eigenvalue weighted by Crippen LogP contribution is -2.31. The lowest BCUT2D eigenvalue weighted by atomic mass is 9.91. The van der Waals surface area contributed by atoms with E-state index >= 15 is 0 Å². The molecule has 0 bridgehead atoms. The fourth-order valence-corrected chi connectivity index (χ4v) is 2.99. The topological polar surface area (TPSA) is 54.9 Å². The van der Waals surface area contributed by atoms with Gasteiger partial charge in [-0.15, -0.1) is 16.7 Å².